The normalized spacial score (nSPS) is 20.7. The first-order valence-electron chi connectivity index (χ1n) is 7.64. The molecule has 0 N–H and O–H groups in total. The van der Waals surface area contributed by atoms with Gasteiger partial charge in [0.25, 0.3) is 16.1 Å². The average molecular weight is 370 g/mol. The van der Waals surface area contributed by atoms with Gasteiger partial charge in [-0.05, 0) is 11.4 Å². The highest BCUT2D eigenvalue weighted by molar-refractivity contribution is 7.86. The molecule has 0 unspecified atom stereocenters. The van der Waals surface area contributed by atoms with E-state index in [1.165, 1.54) is 19.9 Å². The summed E-state index contributed by atoms with van der Waals surface area (Å²) in [6.07, 6.45) is 0. The molecule has 0 aliphatic carbocycles. The molecule has 0 aromatic carbocycles. The summed E-state index contributed by atoms with van der Waals surface area (Å²) in [5, 5.41) is 10.7. The number of morpholine rings is 1. The predicted octanol–water partition coefficient (Wildman–Crippen LogP) is -0.0454. The number of piperazine rings is 1. The van der Waals surface area contributed by atoms with Gasteiger partial charge in [0.05, 0.1) is 18.8 Å². The predicted molar refractivity (Wildman–Crippen MR) is 87.8 cm³/mol. The van der Waals surface area contributed by atoms with Crippen molar-refractivity contribution in [2.75, 3.05) is 52.5 Å². The first-order chi connectivity index (χ1) is 11.5. The summed E-state index contributed by atoms with van der Waals surface area (Å²) in [7, 11) is -3.50. The van der Waals surface area contributed by atoms with Gasteiger partial charge in [-0.2, -0.15) is 22.3 Å². The Labute approximate surface area is 145 Å². The Morgan fingerprint density at radius 3 is 2.38 bits per heavy atom. The van der Waals surface area contributed by atoms with E-state index >= 15 is 0 Å². The minimum atomic E-state index is -3.50. The Kier molecular flexibility index (Phi) is 5.17. The molecule has 8 nitrogen and oxygen atoms in total. The molecule has 3 rings (SSSR count). The van der Waals surface area contributed by atoms with E-state index in [1.54, 1.807) is 16.3 Å². The zero-order valence-electron chi connectivity index (χ0n) is 13.0. The number of ether oxygens (including phenoxy) is 1. The Balaban J connectivity index is 1.63. The Morgan fingerprint density at radius 2 is 1.75 bits per heavy atom. The maximum atomic E-state index is 12.6. The summed E-state index contributed by atoms with van der Waals surface area (Å²) in [6, 6.07) is 3.63. The molecule has 2 fully saturated rings. The van der Waals surface area contributed by atoms with E-state index in [9.17, 15) is 13.2 Å². The molecule has 0 radical (unpaired) electrons. The van der Waals surface area contributed by atoms with Crippen LogP contribution in [0.4, 0.5) is 0 Å². The monoisotopic (exact) mass is 370 g/mol. The molecule has 0 spiro atoms. The third kappa shape index (κ3) is 3.31. The largest absolute Gasteiger partial charge is 0.379 e. The SMILES string of the molecule is N#Cc1ccsc1C(=O)N1CCN(S(=O)(=O)N2CCOCC2)CC1. The average Bonchev–Trinajstić information content (AvgIpc) is 3.10. The van der Waals surface area contributed by atoms with Crippen molar-refractivity contribution < 1.29 is 17.9 Å². The molecule has 3 heterocycles. The van der Waals surface area contributed by atoms with Crippen molar-refractivity contribution in [1.29, 1.82) is 5.26 Å². The van der Waals surface area contributed by atoms with Crippen molar-refractivity contribution in [3.63, 3.8) is 0 Å². The summed E-state index contributed by atoms with van der Waals surface area (Å²) in [6.45, 7) is 2.72. The van der Waals surface area contributed by atoms with Crippen molar-refractivity contribution in [2.24, 2.45) is 0 Å². The van der Waals surface area contributed by atoms with Gasteiger partial charge in [-0.15, -0.1) is 11.3 Å². The number of rotatable bonds is 3. The van der Waals surface area contributed by atoms with Crippen LogP contribution < -0.4 is 0 Å². The summed E-state index contributed by atoms with van der Waals surface area (Å²) in [5.41, 5.74) is 0.369. The van der Waals surface area contributed by atoms with E-state index in [4.69, 9.17) is 10.00 Å². The van der Waals surface area contributed by atoms with Crippen molar-refractivity contribution in [2.45, 2.75) is 0 Å². The van der Waals surface area contributed by atoms with Crippen LogP contribution in [0, 0.1) is 11.3 Å². The highest BCUT2D eigenvalue weighted by Crippen LogP contribution is 2.20. The van der Waals surface area contributed by atoms with Crippen LogP contribution in [0.2, 0.25) is 0 Å². The lowest BCUT2D eigenvalue weighted by atomic mass is 10.2. The molecule has 24 heavy (non-hydrogen) atoms. The van der Waals surface area contributed by atoms with Gasteiger partial charge < -0.3 is 9.64 Å². The van der Waals surface area contributed by atoms with Crippen LogP contribution in [0.15, 0.2) is 11.4 Å². The van der Waals surface area contributed by atoms with Gasteiger partial charge in [0.15, 0.2) is 0 Å². The second-order valence-corrected chi connectivity index (χ2v) is 8.33. The van der Waals surface area contributed by atoms with Gasteiger partial charge in [0.2, 0.25) is 0 Å². The van der Waals surface area contributed by atoms with Gasteiger partial charge in [-0.1, -0.05) is 0 Å². The lowest BCUT2D eigenvalue weighted by Crippen LogP contribution is -2.55. The molecule has 1 aromatic rings. The van der Waals surface area contributed by atoms with Gasteiger partial charge in [0.1, 0.15) is 10.9 Å². The first-order valence-corrected chi connectivity index (χ1v) is 9.91. The molecule has 10 heteroatoms. The van der Waals surface area contributed by atoms with Crippen molar-refractivity contribution >= 4 is 27.5 Å². The van der Waals surface area contributed by atoms with E-state index in [-0.39, 0.29) is 19.0 Å². The molecule has 2 aliphatic heterocycles. The van der Waals surface area contributed by atoms with Crippen LogP contribution >= 0.6 is 11.3 Å². The molecular weight excluding hydrogens is 352 g/mol. The number of amides is 1. The minimum absolute atomic E-state index is 0.204. The Bertz CT molecular complexity index is 741. The van der Waals surface area contributed by atoms with Crippen LogP contribution in [-0.4, -0.2) is 80.3 Å². The molecule has 1 amide bonds. The zero-order valence-corrected chi connectivity index (χ0v) is 14.7. The van der Waals surface area contributed by atoms with E-state index in [0.29, 0.717) is 49.8 Å². The molecule has 0 atom stereocenters. The third-order valence-corrected chi connectivity index (χ3v) is 7.07. The van der Waals surface area contributed by atoms with Gasteiger partial charge in [-0.25, -0.2) is 0 Å². The van der Waals surface area contributed by atoms with Crippen LogP contribution in [0.3, 0.4) is 0 Å². The standard InChI is InChI=1S/C14H18N4O4S2/c15-11-12-1-10-23-13(12)14(19)16-2-4-17(5-3-16)24(20,21)18-6-8-22-9-7-18/h1,10H,2-9H2. The molecule has 2 aliphatic rings. The molecule has 0 saturated carbocycles. The second-order valence-electron chi connectivity index (χ2n) is 5.49. The summed E-state index contributed by atoms with van der Waals surface area (Å²) < 4.78 is 33.2. The topological polar surface area (TPSA) is 93.9 Å². The van der Waals surface area contributed by atoms with Crippen molar-refractivity contribution in [1.82, 2.24) is 13.5 Å². The number of nitriles is 1. The molecular formula is C14H18N4O4S2. The van der Waals surface area contributed by atoms with E-state index in [0.717, 1.165) is 0 Å². The van der Waals surface area contributed by atoms with E-state index < -0.39 is 10.2 Å². The Morgan fingerprint density at radius 1 is 1.12 bits per heavy atom. The molecule has 2 saturated heterocycles. The van der Waals surface area contributed by atoms with Crippen LogP contribution in [0.1, 0.15) is 15.2 Å². The van der Waals surface area contributed by atoms with Crippen LogP contribution in [-0.2, 0) is 14.9 Å². The molecule has 130 valence electrons. The fourth-order valence-corrected chi connectivity index (χ4v) is 5.14. The Hall–Kier alpha value is -1.51. The zero-order chi connectivity index (χ0) is 17.2. The van der Waals surface area contributed by atoms with Gasteiger partial charge >= 0.3 is 0 Å². The fourth-order valence-electron chi connectivity index (χ4n) is 2.77. The van der Waals surface area contributed by atoms with Gasteiger partial charge in [0, 0.05) is 39.3 Å². The van der Waals surface area contributed by atoms with Crippen molar-refractivity contribution in [3.8, 4) is 6.07 Å². The lowest BCUT2D eigenvalue weighted by Gasteiger charge is -2.37. The summed E-state index contributed by atoms with van der Waals surface area (Å²) in [4.78, 5) is 14.5. The third-order valence-electron chi connectivity index (χ3n) is 4.13. The number of hydrogen-bond acceptors (Lipinski definition) is 6. The fraction of sp³-hybridized carbons (Fsp3) is 0.571. The van der Waals surface area contributed by atoms with Crippen molar-refractivity contribution in [3.05, 3.63) is 21.9 Å². The number of thiophene rings is 1. The lowest BCUT2D eigenvalue weighted by molar-refractivity contribution is 0.0639. The number of carbonyl (C=O) groups is 1. The maximum Gasteiger partial charge on any atom is 0.282 e. The minimum Gasteiger partial charge on any atom is -0.379 e. The summed E-state index contributed by atoms with van der Waals surface area (Å²) >= 11 is 1.24. The second kappa shape index (κ2) is 7.16. The van der Waals surface area contributed by atoms with Crippen LogP contribution in [0.25, 0.3) is 0 Å². The first kappa shape index (κ1) is 17.3. The maximum absolute atomic E-state index is 12.6. The quantitative estimate of drug-likeness (QED) is 0.744. The highest BCUT2D eigenvalue weighted by atomic mass is 32.2. The van der Waals surface area contributed by atoms with E-state index in [2.05, 4.69) is 0 Å². The highest BCUT2D eigenvalue weighted by Gasteiger charge is 2.34. The number of carbonyl (C=O) groups excluding carboxylic acids is 1. The molecule has 1 aromatic heterocycles. The molecule has 0 bridgehead atoms. The van der Waals surface area contributed by atoms with E-state index in [1.807, 2.05) is 6.07 Å². The summed E-state index contributed by atoms with van der Waals surface area (Å²) in [5.74, 6) is -0.204. The van der Waals surface area contributed by atoms with Crippen LogP contribution in [0.5, 0.6) is 0 Å². The number of hydrogen-bond donors (Lipinski definition) is 0. The number of nitrogens with zero attached hydrogens (tertiary/aromatic N) is 4. The smallest absolute Gasteiger partial charge is 0.282 e. The van der Waals surface area contributed by atoms with Gasteiger partial charge in [-0.3, -0.25) is 4.79 Å².